The summed E-state index contributed by atoms with van der Waals surface area (Å²) in [5.41, 5.74) is 1.21. The minimum Gasteiger partial charge on any atom is -0.497 e. The highest BCUT2D eigenvalue weighted by molar-refractivity contribution is 7.99. The molecule has 4 nitrogen and oxygen atoms in total. The lowest BCUT2D eigenvalue weighted by molar-refractivity contribution is 0.126. The van der Waals surface area contributed by atoms with E-state index in [2.05, 4.69) is 0 Å². The molecule has 0 radical (unpaired) electrons. The number of aliphatic hydroxyl groups is 1. The fourth-order valence-electron chi connectivity index (χ4n) is 2.08. The van der Waals surface area contributed by atoms with E-state index in [1.165, 1.54) is 5.56 Å². The van der Waals surface area contributed by atoms with Crippen LogP contribution in [0.1, 0.15) is 5.56 Å². The van der Waals surface area contributed by atoms with Crippen LogP contribution in [0.25, 0.3) is 0 Å². The first-order valence-electron chi connectivity index (χ1n) is 7.87. The molecule has 130 valence electrons. The minimum atomic E-state index is -0.523. The summed E-state index contributed by atoms with van der Waals surface area (Å²) in [5, 5.41) is 10.1. The fourth-order valence-corrected chi connectivity index (χ4v) is 2.89. The van der Waals surface area contributed by atoms with Crippen molar-refractivity contribution in [3.8, 4) is 11.5 Å². The Labute approximate surface area is 147 Å². The van der Waals surface area contributed by atoms with Crippen LogP contribution in [0.2, 0.25) is 0 Å². The molecule has 24 heavy (non-hydrogen) atoms. The van der Waals surface area contributed by atoms with Gasteiger partial charge < -0.3 is 19.3 Å². The number of thioether (sulfide) groups is 1. The third kappa shape index (κ3) is 6.43. The molecule has 2 aromatic carbocycles. The normalized spacial score (nSPS) is 12.0. The maximum atomic E-state index is 10.1. The van der Waals surface area contributed by atoms with E-state index in [4.69, 9.17) is 14.2 Å². The molecule has 0 amide bonds. The molecule has 0 aliphatic heterocycles. The monoisotopic (exact) mass is 348 g/mol. The summed E-state index contributed by atoms with van der Waals surface area (Å²) in [5.74, 6) is 2.18. The number of methoxy groups -OCH3 is 2. The highest BCUT2D eigenvalue weighted by atomic mass is 32.2. The van der Waals surface area contributed by atoms with Crippen molar-refractivity contribution in [2.45, 2.75) is 17.4 Å². The molecule has 1 N–H and O–H groups in total. The second-order valence-electron chi connectivity index (χ2n) is 5.34. The molecule has 2 rings (SSSR count). The van der Waals surface area contributed by atoms with E-state index < -0.39 is 6.10 Å². The second-order valence-corrected chi connectivity index (χ2v) is 6.43. The number of rotatable bonds is 10. The summed E-state index contributed by atoms with van der Waals surface area (Å²) >= 11 is 1.59. The van der Waals surface area contributed by atoms with E-state index in [1.54, 1.807) is 26.0 Å². The Hall–Kier alpha value is -1.69. The van der Waals surface area contributed by atoms with Crippen LogP contribution in [0.3, 0.4) is 0 Å². The van der Waals surface area contributed by atoms with Crippen molar-refractivity contribution in [2.75, 3.05) is 33.2 Å². The molecule has 0 saturated carbocycles. The van der Waals surface area contributed by atoms with Crippen LogP contribution in [0, 0.1) is 0 Å². The number of hydrogen-bond acceptors (Lipinski definition) is 5. The van der Waals surface area contributed by atoms with Gasteiger partial charge in [0.25, 0.3) is 0 Å². The average Bonchev–Trinajstić information content (AvgIpc) is 2.64. The molecule has 0 aliphatic carbocycles. The number of hydrogen-bond donors (Lipinski definition) is 1. The van der Waals surface area contributed by atoms with Crippen molar-refractivity contribution in [1.29, 1.82) is 0 Å². The number of aliphatic hydroxyl groups excluding tert-OH is 1. The smallest absolute Gasteiger partial charge is 0.119 e. The lowest BCUT2D eigenvalue weighted by atomic mass is 10.1. The Morgan fingerprint density at radius 1 is 0.958 bits per heavy atom. The topological polar surface area (TPSA) is 47.9 Å². The molecule has 0 bridgehead atoms. The van der Waals surface area contributed by atoms with Gasteiger partial charge in [-0.05, 0) is 48.4 Å². The zero-order valence-electron chi connectivity index (χ0n) is 14.1. The van der Waals surface area contributed by atoms with Gasteiger partial charge in [-0.15, -0.1) is 11.8 Å². The number of ether oxygens (including phenoxy) is 3. The van der Waals surface area contributed by atoms with Gasteiger partial charge >= 0.3 is 0 Å². The molecule has 0 spiro atoms. The lowest BCUT2D eigenvalue weighted by Crippen LogP contribution is -2.20. The van der Waals surface area contributed by atoms with E-state index in [9.17, 15) is 5.11 Å². The summed E-state index contributed by atoms with van der Waals surface area (Å²) < 4.78 is 15.8. The molecular weight excluding hydrogens is 324 g/mol. The molecule has 0 aliphatic rings. The van der Waals surface area contributed by atoms with E-state index >= 15 is 0 Å². The predicted octanol–water partition coefficient (Wildman–Crippen LogP) is 3.42. The van der Waals surface area contributed by atoms with Crippen LogP contribution in [0.15, 0.2) is 53.4 Å². The molecule has 1 unspecified atom stereocenters. The first-order valence-corrected chi connectivity index (χ1v) is 8.85. The quantitative estimate of drug-likeness (QED) is 0.667. The second kappa shape index (κ2) is 10.2. The Bertz CT molecular complexity index is 583. The van der Waals surface area contributed by atoms with Gasteiger partial charge in [-0.2, -0.15) is 0 Å². The SMILES string of the molecule is COCCc1ccc(OCC(O)CSc2ccc(OC)cc2)cc1. The van der Waals surface area contributed by atoms with Gasteiger partial charge in [-0.25, -0.2) is 0 Å². The van der Waals surface area contributed by atoms with E-state index in [1.807, 2.05) is 48.5 Å². The van der Waals surface area contributed by atoms with Crippen LogP contribution in [0.4, 0.5) is 0 Å². The van der Waals surface area contributed by atoms with E-state index in [0.29, 0.717) is 12.4 Å². The summed E-state index contributed by atoms with van der Waals surface area (Å²) in [4.78, 5) is 1.09. The Kier molecular flexibility index (Phi) is 7.95. The van der Waals surface area contributed by atoms with Gasteiger partial charge in [-0.3, -0.25) is 0 Å². The van der Waals surface area contributed by atoms with Gasteiger partial charge in [0.2, 0.25) is 0 Å². The predicted molar refractivity (Wildman–Crippen MR) is 97.2 cm³/mol. The van der Waals surface area contributed by atoms with Crippen LogP contribution < -0.4 is 9.47 Å². The fraction of sp³-hybridized carbons (Fsp3) is 0.368. The Balaban J connectivity index is 1.71. The maximum Gasteiger partial charge on any atom is 0.119 e. The molecular formula is C19H24O4S. The van der Waals surface area contributed by atoms with Gasteiger partial charge in [-0.1, -0.05) is 12.1 Å². The van der Waals surface area contributed by atoms with Crippen molar-refractivity contribution >= 4 is 11.8 Å². The van der Waals surface area contributed by atoms with Crippen LogP contribution in [-0.2, 0) is 11.2 Å². The highest BCUT2D eigenvalue weighted by Gasteiger charge is 2.07. The zero-order valence-corrected chi connectivity index (χ0v) is 14.9. The third-order valence-corrected chi connectivity index (χ3v) is 4.62. The third-order valence-electron chi connectivity index (χ3n) is 3.46. The van der Waals surface area contributed by atoms with E-state index in [0.717, 1.165) is 22.8 Å². The zero-order chi connectivity index (χ0) is 17.2. The first kappa shape index (κ1) is 18.6. The van der Waals surface area contributed by atoms with Gasteiger partial charge in [0.05, 0.1) is 19.8 Å². The molecule has 2 aromatic rings. The van der Waals surface area contributed by atoms with Gasteiger partial charge in [0.15, 0.2) is 0 Å². The van der Waals surface area contributed by atoms with Gasteiger partial charge in [0, 0.05) is 17.8 Å². The standard InChI is InChI=1S/C19H24O4S/c1-21-12-11-15-3-5-18(6-4-15)23-13-16(20)14-24-19-9-7-17(22-2)8-10-19/h3-10,16,20H,11-14H2,1-2H3. The summed E-state index contributed by atoms with van der Waals surface area (Å²) in [6.07, 6.45) is 0.364. The Morgan fingerprint density at radius 2 is 1.62 bits per heavy atom. The first-order chi connectivity index (χ1) is 11.7. The Morgan fingerprint density at radius 3 is 2.25 bits per heavy atom. The molecule has 5 heteroatoms. The van der Waals surface area contributed by atoms with Crippen molar-refractivity contribution in [2.24, 2.45) is 0 Å². The summed E-state index contributed by atoms with van der Waals surface area (Å²) in [6, 6.07) is 15.7. The van der Waals surface area contributed by atoms with Crippen molar-refractivity contribution < 1.29 is 19.3 Å². The molecule has 0 aromatic heterocycles. The summed E-state index contributed by atoms with van der Waals surface area (Å²) in [7, 11) is 3.34. The van der Waals surface area contributed by atoms with Crippen molar-refractivity contribution in [1.82, 2.24) is 0 Å². The van der Waals surface area contributed by atoms with Crippen molar-refractivity contribution in [3.63, 3.8) is 0 Å². The van der Waals surface area contributed by atoms with Crippen LogP contribution >= 0.6 is 11.8 Å². The van der Waals surface area contributed by atoms with Crippen molar-refractivity contribution in [3.05, 3.63) is 54.1 Å². The van der Waals surface area contributed by atoms with Gasteiger partial charge in [0.1, 0.15) is 18.1 Å². The molecule has 1 atom stereocenters. The lowest BCUT2D eigenvalue weighted by Gasteiger charge is -2.12. The largest absolute Gasteiger partial charge is 0.497 e. The van der Waals surface area contributed by atoms with Crippen LogP contribution in [-0.4, -0.2) is 44.4 Å². The summed E-state index contributed by atoms with van der Waals surface area (Å²) in [6.45, 7) is 0.988. The molecule has 0 saturated heterocycles. The molecule has 0 fully saturated rings. The highest BCUT2D eigenvalue weighted by Crippen LogP contribution is 2.22. The average molecular weight is 348 g/mol. The minimum absolute atomic E-state index is 0.278. The molecule has 0 heterocycles. The number of benzene rings is 2. The van der Waals surface area contributed by atoms with Crippen LogP contribution in [0.5, 0.6) is 11.5 Å². The van der Waals surface area contributed by atoms with E-state index in [-0.39, 0.29) is 6.61 Å². The maximum absolute atomic E-state index is 10.1.